The van der Waals surface area contributed by atoms with Gasteiger partial charge >= 0.3 is 0 Å². The van der Waals surface area contributed by atoms with E-state index in [0.717, 1.165) is 17.1 Å². The van der Waals surface area contributed by atoms with E-state index in [1.165, 1.54) is 0 Å². The highest BCUT2D eigenvalue weighted by Crippen LogP contribution is 2.10. The minimum atomic E-state index is 0. The molecular weight excluding hydrogens is 293 g/mol. The molecule has 0 saturated carbocycles. The summed E-state index contributed by atoms with van der Waals surface area (Å²) in [7, 11) is 1.88. The summed E-state index contributed by atoms with van der Waals surface area (Å²) in [6, 6.07) is 0.297. The third kappa shape index (κ3) is 7.16. The Bertz CT molecular complexity index is 347. The summed E-state index contributed by atoms with van der Waals surface area (Å²) >= 11 is 1.62. The Morgan fingerprint density at radius 2 is 2.17 bits per heavy atom. The van der Waals surface area contributed by atoms with Gasteiger partial charge in [-0.25, -0.2) is 4.98 Å². The van der Waals surface area contributed by atoms with Crippen molar-refractivity contribution >= 4 is 42.1 Å². The summed E-state index contributed by atoms with van der Waals surface area (Å²) in [5.74, 6) is 0.0371. The van der Waals surface area contributed by atoms with Gasteiger partial charge in [-0.1, -0.05) is 6.92 Å². The summed E-state index contributed by atoms with van der Waals surface area (Å²) in [6.45, 7) is 4.75. The lowest BCUT2D eigenvalue weighted by atomic mass is 10.3. The normalized spacial score (nSPS) is 11.1. The van der Waals surface area contributed by atoms with Gasteiger partial charge in [0.05, 0.1) is 17.1 Å². The Morgan fingerprint density at radius 1 is 1.50 bits per heavy atom. The highest BCUT2D eigenvalue weighted by Gasteiger charge is 2.07. The van der Waals surface area contributed by atoms with Crippen molar-refractivity contribution in [2.45, 2.75) is 32.7 Å². The second-order valence-electron chi connectivity index (χ2n) is 3.76. The molecule has 4 nitrogen and oxygen atoms in total. The van der Waals surface area contributed by atoms with Crippen molar-refractivity contribution in [3.63, 3.8) is 0 Å². The van der Waals surface area contributed by atoms with Crippen molar-refractivity contribution in [3.8, 4) is 0 Å². The summed E-state index contributed by atoms with van der Waals surface area (Å²) in [5.41, 5.74) is 0.872. The fraction of sp³-hybridized carbons (Fsp3) is 0.636. The van der Waals surface area contributed by atoms with E-state index in [1.54, 1.807) is 11.3 Å². The predicted octanol–water partition coefficient (Wildman–Crippen LogP) is 1.82. The van der Waals surface area contributed by atoms with E-state index >= 15 is 0 Å². The van der Waals surface area contributed by atoms with E-state index in [-0.39, 0.29) is 30.7 Å². The highest BCUT2D eigenvalue weighted by molar-refractivity contribution is 7.09. The first-order valence-corrected chi connectivity index (χ1v) is 6.41. The van der Waals surface area contributed by atoms with Gasteiger partial charge in [-0.3, -0.25) is 4.79 Å². The van der Waals surface area contributed by atoms with Crippen LogP contribution in [0.2, 0.25) is 0 Å². The van der Waals surface area contributed by atoms with Crippen LogP contribution in [0.4, 0.5) is 0 Å². The summed E-state index contributed by atoms with van der Waals surface area (Å²) in [5, 5.41) is 8.99. The SMILES string of the molecule is CCc1nc(CC(=O)NCC(C)NC)cs1.Cl.Cl. The number of nitrogens with one attached hydrogen (secondary N) is 2. The van der Waals surface area contributed by atoms with Gasteiger partial charge < -0.3 is 10.6 Å². The maximum absolute atomic E-state index is 11.6. The first kappa shape index (κ1) is 20.0. The minimum Gasteiger partial charge on any atom is -0.354 e. The van der Waals surface area contributed by atoms with Crippen molar-refractivity contribution < 1.29 is 4.79 Å². The second kappa shape index (κ2) is 10.6. The van der Waals surface area contributed by atoms with Crippen LogP contribution < -0.4 is 10.6 Å². The standard InChI is InChI=1S/C11H19N3OS.2ClH/c1-4-11-14-9(7-16-11)5-10(15)13-6-8(2)12-3;;/h7-8,12H,4-6H2,1-3H3,(H,13,15);2*1H. The van der Waals surface area contributed by atoms with Crippen LogP contribution >= 0.6 is 36.2 Å². The minimum absolute atomic E-state index is 0. The van der Waals surface area contributed by atoms with Crippen LogP contribution in [-0.2, 0) is 17.6 Å². The van der Waals surface area contributed by atoms with Crippen LogP contribution in [0.1, 0.15) is 24.5 Å². The molecule has 1 rings (SSSR count). The van der Waals surface area contributed by atoms with E-state index in [0.29, 0.717) is 19.0 Å². The van der Waals surface area contributed by atoms with Crippen molar-refractivity contribution in [1.29, 1.82) is 0 Å². The van der Waals surface area contributed by atoms with E-state index in [9.17, 15) is 4.79 Å². The molecular formula is C11H21Cl2N3OS. The molecule has 0 fully saturated rings. The molecule has 1 heterocycles. The number of hydrogen-bond donors (Lipinski definition) is 2. The average Bonchev–Trinajstić information content (AvgIpc) is 2.73. The fourth-order valence-corrected chi connectivity index (χ4v) is 1.93. The molecule has 0 aliphatic heterocycles. The molecule has 18 heavy (non-hydrogen) atoms. The Morgan fingerprint density at radius 3 is 2.67 bits per heavy atom. The van der Waals surface area contributed by atoms with Gasteiger partial charge in [0.1, 0.15) is 0 Å². The molecule has 0 aliphatic rings. The lowest BCUT2D eigenvalue weighted by Gasteiger charge is -2.10. The lowest BCUT2D eigenvalue weighted by Crippen LogP contribution is -2.37. The van der Waals surface area contributed by atoms with Gasteiger partial charge in [-0.15, -0.1) is 36.2 Å². The number of rotatable bonds is 6. The molecule has 0 spiro atoms. The molecule has 1 atom stereocenters. The predicted molar refractivity (Wildman–Crippen MR) is 81.2 cm³/mol. The fourth-order valence-electron chi connectivity index (χ4n) is 1.19. The Kier molecular flexibility index (Phi) is 11.7. The van der Waals surface area contributed by atoms with Gasteiger partial charge in [0.25, 0.3) is 0 Å². The number of carbonyl (C=O) groups excluding carboxylic acids is 1. The number of thiazole rings is 1. The summed E-state index contributed by atoms with van der Waals surface area (Å²) in [6.07, 6.45) is 1.32. The zero-order valence-electron chi connectivity index (χ0n) is 10.9. The van der Waals surface area contributed by atoms with E-state index in [1.807, 2.05) is 19.4 Å². The largest absolute Gasteiger partial charge is 0.354 e. The quantitative estimate of drug-likeness (QED) is 0.842. The van der Waals surface area contributed by atoms with Crippen LogP contribution in [0.25, 0.3) is 0 Å². The number of aromatic nitrogens is 1. The van der Waals surface area contributed by atoms with Crippen LogP contribution in [0.3, 0.4) is 0 Å². The topological polar surface area (TPSA) is 54.0 Å². The van der Waals surface area contributed by atoms with Crippen LogP contribution in [0, 0.1) is 0 Å². The van der Waals surface area contributed by atoms with Crippen molar-refractivity contribution in [2.75, 3.05) is 13.6 Å². The van der Waals surface area contributed by atoms with Crippen LogP contribution in [0.15, 0.2) is 5.38 Å². The third-order valence-electron chi connectivity index (χ3n) is 2.34. The Labute approximate surface area is 125 Å². The highest BCUT2D eigenvalue weighted by atomic mass is 35.5. The summed E-state index contributed by atoms with van der Waals surface area (Å²) in [4.78, 5) is 15.9. The second-order valence-corrected chi connectivity index (χ2v) is 4.70. The maximum Gasteiger partial charge on any atom is 0.226 e. The molecule has 1 unspecified atom stereocenters. The lowest BCUT2D eigenvalue weighted by molar-refractivity contribution is -0.120. The van der Waals surface area contributed by atoms with E-state index in [2.05, 4.69) is 22.5 Å². The molecule has 0 aliphatic carbocycles. The molecule has 2 N–H and O–H groups in total. The maximum atomic E-state index is 11.6. The number of amides is 1. The van der Waals surface area contributed by atoms with Crippen molar-refractivity contribution in [3.05, 3.63) is 16.1 Å². The summed E-state index contributed by atoms with van der Waals surface area (Å²) < 4.78 is 0. The van der Waals surface area contributed by atoms with Gasteiger partial charge in [-0.05, 0) is 20.4 Å². The van der Waals surface area contributed by atoms with E-state index < -0.39 is 0 Å². The number of halogens is 2. The Balaban J connectivity index is 0. The van der Waals surface area contributed by atoms with Gasteiger partial charge in [0, 0.05) is 18.0 Å². The Hall–Kier alpha value is -0.360. The van der Waals surface area contributed by atoms with Gasteiger partial charge in [0.2, 0.25) is 5.91 Å². The molecule has 0 bridgehead atoms. The molecule has 0 saturated heterocycles. The molecule has 1 aromatic rings. The molecule has 1 amide bonds. The molecule has 0 aromatic carbocycles. The zero-order valence-corrected chi connectivity index (χ0v) is 13.3. The number of nitrogens with zero attached hydrogens (tertiary/aromatic N) is 1. The number of aryl methyl sites for hydroxylation is 1. The van der Waals surface area contributed by atoms with Gasteiger partial charge in [0.15, 0.2) is 0 Å². The molecule has 1 aromatic heterocycles. The van der Waals surface area contributed by atoms with Crippen molar-refractivity contribution in [1.82, 2.24) is 15.6 Å². The molecule has 7 heteroatoms. The number of hydrogen-bond acceptors (Lipinski definition) is 4. The van der Waals surface area contributed by atoms with Crippen molar-refractivity contribution in [2.24, 2.45) is 0 Å². The van der Waals surface area contributed by atoms with Gasteiger partial charge in [-0.2, -0.15) is 0 Å². The van der Waals surface area contributed by atoms with E-state index in [4.69, 9.17) is 0 Å². The number of likely N-dealkylation sites (N-methyl/N-ethyl adjacent to an activating group) is 1. The molecule has 0 radical (unpaired) electrons. The zero-order chi connectivity index (χ0) is 12.0. The van der Waals surface area contributed by atoms with Crippen LogP contribution in [-0.4, -0.2) is 30.5 Å². The monoisotopic (exact) mass is 313 g/mol. The number of carbonyl (C=O) groups is 1. The third-order valence-corrected chi connectivity index (χ3v) is 3.38. The van der Waals surface area contributed by atoms with Crippen LogP contribution in [0.5, 0.6) is 0 Å². The first-order valence-electron chi connectivity index (χ1n) is 5.53. The average molecular weight is 314 g/mol. The smallest absolute Gasteiger partial charge is 0.226 e. The molecule has 106 valence electrons. The first-order chi connectivity index (χ1) is 7.65.